The Kier molecular flexibility index (Phi) is 7.99. The van der Waals surface area contributed by atoms with Crippen LogP contribution in [-0.2, 0) is 20.9 Å². The third kappa shape index (κ3) is 5.94. The molecule has 1 N–H and O–H groups in total. The molecular formula is C23H27N3O5S. The summed E-state index contributed by atoms with van der Waals surface area (Å²) in [6, 6.07) is 12.9. The van der Waals surface area contributed by atoms with Crippen LogP contribution in [-0.4, -0.2) is 48.0 Å². The maximum atomic E-state index is 12.2. The van der Waals surface area contributed by atoms with Crippen LogP contribution in [0.15, 0.2) is 47.6 Å². The molecule has 3 rings (SSSR count). The highest BCUT2D eigenvalue weighted by atomic mass is 32.2. The van der Waals surface area contributed by atoms with Crippen molar-refractivity contribution in [1.82, 2.24) is 9.55 Å². The molecule has 1 aromatic heterocycles. The number of imidazole rings is 1. The third-order valence-corrected chi connectivity index (χ3v) is 5.47. The number of ether oxygens (including phenoxy) is 3. The Morgan fingerprint density at radius 1 is 1.09 bits per heavy atom. The Hall–Kier alpha value is -3.20. The number of aromatic nitrogens is 2. The molecule has 0 radical (unpaired) electrons. The molecule has 32 heavy (non-hydrogen) atoms. The van der Waals surface area contributed by atoms with E-state index in [1.54, 1.807) is 18.2 Å². The van der Waals surface area contributed by atoms with E-state index in [1.807, 2.05) is 24.3 Å². The number of anilines is 1. The first-order valence-corrected chi connectivity index (χ1v) is 11.2. The van der Waals surface area contributed by atoms with E-state index in [1.165, 1.54) is 26.0 Å². The van der Waals surface area contributed by atoms with Crippen LogP contribution in [0.5, 0.6) is 11.5 Å². The molecule has 0 fully saturated rings. The number of esters is 1. The van der Waals surface area contributed by atoms with Gasteiger partial charge in [0.1, 0.15) is 0 Å². The summed E-state index contributed by atoms with van der Waals surface area (Å²) < 4.78 is 17.6. The first-order valence-electron chi connectivity index (χ1n) is 10.2. The van der Waals surface area contributed by atoms with E-state index in [4.69, 9.17) is 14.2 Å². The molecule has 0 unspecified atom stereocenters. The topological polar surface area (TPSA) is 91.7 Å². The molecular weight excluding hydrogens is 430 g/mol. The number of hydrogen-bond acceptors (Lipinski definition) is 7. The second kappa shape index (κ2) is 10.9. The molecule has 0 bridgehead atoms. The normalized spacial score (nSPS) is 10.9. The van der Waals surface area contributed by atoms with E-state index in [-0.39, 0.29) is 12.4 Å². The number of carbonyl (C=O) groups is 2. The molecule has 0 saturated heterocycles. The lowest BCUT2D eigenvalue weighted by molar-refractivity contribution is -0.144. The highest BCUT2D eigenvalue weighted by Gasteiger charge is 2.15. The molecule has 0 atom stereocenters. The summed E-state index contributed by atoms with van der Waals surface area (Å²) >= 11 is 1.30. The van der Waals surface area contributed by atoms with Gasteiger partial charge in [0.05, 0.1) is 31.0 Å². The van der Waals surface area contributed by atoms with Gasteiger partial charge in [-0.3, -0.25) is 9.59 Å². The van der Waals surface area contributed by atoms with Crippen LogP contribution >= 0.6 is 11.8 Å². The fourth-order valence-corrected chi connectivity index (χ4v) is 3.95. The predicted molar refractivity (Wildman–Crippen MR) is 124 cm³/mol. The van der Waals surface area contributed by atoms with Crippen LogP contribution < -0.4 is 14.8 Å². The summed E-state index contributed by atoms with van der Waals surface area (Å²) in [4.78, 5) is 29.0. The summed E-state index contributed by atoms with van der Waals surface area (Å²) in [6.07, 6.45) is 0. The van der Waals surface area contributed by atoms with Gasteiger partial charge in [-0.05, 0) is 30.2 Å². The molecule has 9 heteroatoms. The standard InChI is InChI=1S/C23H27N3O5S/c1-15(2)12-26-18-8-6-5-7-17(18)25-23(26)32-14-22(28)31-13-21(27)24-16-9-10-19(29-3)20(11-16)30-4/h5-11,15H,12-14H2,1-4H3,(H,24,27). The number of amides is 1. The first kappa shape index (κ1) is 23.5. The highest BCUT2D eigenvalue weighted by molar-refractivity contribution is 7.99. The molecule has 3 aromatic rings. The number of benzene rings is 2. The van der Waals surface area contributed by atoms with Crippen molar-refractivity contribution in [3.8, 4) is 11.5 Å². The lowest BCUT2D eigenvalue weighted by Crippen LogP contribution is -2.21. The zero-order valence-electron chi connectivity index (χ0n) is 18.6. The summed E-state index contributed by atoms with van der Waals surface area (Å²) in [6.45, 7) is 4.69. The molecule has 0 saturated carbocycles. The van der Waals surface area contributed by atoms with Gasteiger partial charge >= 0.3 is 5.97 Å². The van der Waals surface area contributed by atoms with E-state index in [0.717, 1.165) is 22.7 Å². The average Bonchev–Trinajstić information content (AvgIpc) is 3.13. The Bertz CT molecular complexity index is 1100. The minimum Gasteiger partial charge on any atom is -0.493 e. The smallest absolute Gasteiger partial charge is 0.316 e. The van der Waals surface area contributed by atoms with E-state index < -0.39 is 11.9 Å². The van der Waals surface area contributed by atoms with Gasteiger partial charge in [-0.15, -0.1) is 0 Å². The number of nitrogens with zero attached hydrogens (tertiary/aromatic N) is 2. The second-order valence-electron chi connectivity index (χ2n) is 7.45. The Morgan fingerprint density at radius 2 is 1.84 bits per heavy atom. The minimum absolute atomic E-state index is 0.0606. The molecule has 0 spiro atoms. The molecule has 170 valence electrons. The first-order chi connectivity index (χ1) is 15.4. The highest BCUT2D eigenvalue weighted by Crippen LogP contribution is 2.29. The van der Waals surface area contributed by atoms with Gasteiger partial charge in [0.2, 0.25) is 0 Å². The van der Waals surface area contributed by atoms with E-state index >= 15 is 0 Å². The minimum atomic E-state index is -0.486. The lowest BCUT2D eigenvalue weighted by atomic mass is 10.2. The Balaban J connectivity index is 1.54. The quantitative estimate of drug-likeness (QED) is 0.364. The van der Waals surface area contributed by atoms with E-state index in [0.29, 0.717) is 23.1 Å². The average molecular weight is 458 g/mol. The van der Waals surface area contributed by atoms with Crippen molar-refractivity contribution in [3.63, 3.8) is 0 Å². The molecule has 1 amide bonds. The third-order valence-electron chi connectivity index (χ3n) is 4.52. The van der Waals surface area contributed by atoms with Crippen molar-refractivity contribution < 1.29 is 23.8 Å². The van der Waals surface area contributed by atoms with E-state index in [9.17, 15) is 9.59 Å². The van der Waals surface area contributed by atoms with Gasteiger partial charge in [-0.1, -0.05) is 37.7 Å². The van der Waals surface area contributed by atoms with Gasteiger partial charge in [-0.2, -0.15) is 0 Å². The van der Waals surface area contributed by atoms with Crippen molar-refractivity contribution >= 4 is 40.4 Å². The van der Waals surface area contributed by atoms with Gasteiger partial charge in [0, 0.05) is 18.3 Å². The van der Waals surface area contributed by atoms with Crippen molar-refractivity contribution in [1.29, 1.82) is 0 Å². The van der Waals surface area contributed by atoms with Crippen molar-refractivity contribution in [3.05, 3.63) is 42.5 Å². The molecule has 0 aliphatic carbocycles. The van der Waals surface area contributed by atoms with Crippen LogP contribution in [0.3, 0.4) is 0 Å². The Labute approximate surface area is 191 Å². The van der Waals surface area contributed by atoms with Gasteiger partial charge < -0.3 is 24.1 Å². The van der Waals surface area contributed by atoms with Crippen molar-refractivity contribution in [2.45, 2.75) is 25.5 Å². The predicted octanol–water partition coefficient (Wildman–Crippen LogP) is 3.98. The number of methoxy groups -OCH3 is 2. The van der Waals surface area contributed by atoms with Crippen LogP contribution in [0.1, 0.15) is 13.8 Å². The van der Waals surface area contributed by atoms with E-state index in [2.05, 4.69) is 28.7 Å². The number of fused-ring (bicyclic) bond motifs is 1. The molecule has 0 aliphatic heterocycles. The fraction of sp³-hybridized carbons (Fsp3) is 0.348. The summed E-state index contributed by atoms with van der Waals surface area (Å²) in [5.41, 5.74) is 2.44. The van der Waals surface area contributed by atoms with Crippen LogP contribution in [0.2, 0.25) is 0 Å². The molecule has 8 nitrogen and oxygen atoms in total. The van der Waals surface area contributed by atoms with Crippen molar-refractivity contribution in [2.75, 3.05) is 31.9 Å². The number of carbonyl (C=O) groups excluding carboxylic acids is 2. The zero-order valence-corrected chi connectivity index (χ0v) is 19.4. The van der Waals surface area contributed by atoms with Gasteiger partial charge in [0.15, 0.2) is 23.3 Å². The Morgan fingerprint density at radius 3 is 2.56 bits per heavy atom. The summed E-state index contributed by atoms with van der Waals surface area (Å²) in [5.74, 6) is 0.605. The number of thioether (sulfide) groups is 1. The van der Waals surface area contributed by atoms with Gasteiger partial charge in [-0.25, -0.2) is 4.98 Å². The number of para-hydroxylation sites is 2. The lowest BCUT2D eigenvalue weighted by Gasteiger charge is -2.12. The maximum absolute atomic E-state index is 12.2. The second-order valence-corrected chi connectivity index (χ2v) is 8.40. The zero-order chi connectivity index (χ0) is 23.1. The molecule has 0 aliphatic rings. The molecule has 1 heterocycles. The summed E-state index contributed by atoms with van der Waals surface area (Å²) in [5, 5.41) is 3.43. The van der Waals surface area contributed by atoms with Crippen LogP contribution in [0.25, 0.3) is 11.0 Å². The summed E-state index contributed by atoms with van der Waals surface area (Å²) in [7, 11) is 3.05. The maximum Gasteiger partial charge on any atom is 0.316 e. The SMILES string of the molecule is COc1ccc(NC(=O)COC(=O)CSc2nc3ccccc3n2CC(C)C)cc1OC. The largest absolute Gasteiger partial charge is 0.493 e. The van der Waals surface area contributed by atoms with Gasteiger partial charge in [0.25, 0.3) is 5.91 Å². The molecule has 2 aromatic carbocycles. The fourth-order valence-electron chi connectivity index (χ4n) is 3.13. The number of nitrogens with one attached hydrogen (secondary N) is 1. The monoisotopic (exact) mass is 457 g/mol. The number of hydrogen-bond donors (Lipinski definition) is 1. The van der Waals surface area contributed by atoms with Crippen LogP contribution in [0.4, 0.5) is 5.69 Å². The van der Waals surface area contributed by atoms with Crippen LogP contribution in [0, 0.1) is 5.92 Å². The number of rotatable bonds is 10. The van der Waals surface area contributed by atoms with Crippen molar-refractivity contribution in [2.24, 2.45) is 5.92 Å².